The van der Waals surface area contributed by atoms with Gasteiger partial charge in [0, 0.05) is 12.2 Å². The average Bonchev–Trinajstić information content (AvgIpc) is 2.87. The molecule has 0 saturated carbocycles. The van der Waals surface area contributed by atoms with Gasteiger partial charge in [-0.3, -0.25) is 4.79 Å². The molecule has 0 bridgehead atoms. The number of hydrogen-bond donors (Lipinski definition) is 0. The minimum atomic E-state index is -0.300. The smallest absolute Gasteiger partial charge is 0.289 e. The number of anilines is 1. The number of halogens is 1. The number of rotatable bonds is 4. The van der Waals surface area contributed by atoms with Crippen LogP contribution in [-0.4, -0.2) is 22.6 Å². The minimum absolute atomic E-state index is 0.215. The number of nitrogens with zero attached hydrogens (tertiary/aromatic N) is 4. The number of para-hydroxylation sites is 1. The first-order valence-electron chi connectivity index (χ1n) is 5.45. The summed E-state index contributed by atoms with van der Waals surface area (Å²) < 4.78 is 0.219. The molecule has 0 unspecified atom stereocenters. The Morgan fingerprint density at radius 1 is 1.37 bits per heavy atom. The van der Waals surface area contributed by atoms with Gasteiger partial charge in [-0.25, -0.2) is 0 Å². The van der Waals surface area contributed by atoms with E-state index in [9.17, 15) is 4.79 Å². The van der Waals surface area contributed by atoms with E-state index in [1.54, 1.807) is 12.1 Å². The first kappa shape index (κ1) is 13.5. The Hall–Kier alpha value is -1.97. The van der Waals surface area contributed by atoms with Crippen molar-refractivity contribution in [2.45, 2.75) is 6.42 Å². The van der Waals surface area contributed by atoms with Crippen LogP contribution in [0.3, 0.4) is 0 Å². The summed E-state index contributed by atoms with van der Waals surface area (Å²) in [6.07, 6.45) is 0.243. The summed E-state index contributed by atoms with van der Waals surface area (Å²) in [4.78, 5) is 13.8. The zero-order valence-corrected chi connectivity index (χ0v) is 11.4. The predicted molar refractivity (Wildman–Crippen MR) is 73.3 cm³/mol. The third-order valence-corrected chi connectivity index (χ3v) is 3.35. The molecule has 1 aromatic heterocycles. The van der Waals surface area contributed by atoms with Crippen molar-refractivity contribution in [2.75, 3.05) is 11.4 Å². The topological polar surface area (TPSA) is 69.9 Å². The lowest BCUT2D eigenvalue weighted by Gasteiger charge is -2.20. The van der Waals surface area contributed by atoms with Gasteiger partial charge in [0.05, 0.1) is 12.5 Å². The number of amides is 1. The highest BCUT2D eigenvalue weighted by molar-refractivity contribution is 7.17. The lowest BCUT2D eigenvalue weighted by molar-refractivity contribution is 0.0986. The second-order valence-electron chi connectivity index (χ2n) is 3.56. The molecule has 1 aromatic carbocycles. The lowest BCUT2D eigenvalue weighted by atomic mass is 10.2. The number of hydrogen-bond acceptors (Lipinski definition) is 5. The Balaban J connectivity index is 2.28. The molecule has 2 aromatic rings. The van der Waals surface area contributed by atoms with Crippen molar-refractivity contribution in [2.24, 2.45) is 0 Å². The fourth-order valence-electron chi connectivity index (χ4n) is 1.52. The van der Waals surface area contributed by atoms with Crippen LogP contribution in [0.1, 0.15) is 16.2 Å². The van der Waals surface area contributed by atoms with Gasteiger partial charge < -0.3 is 4.90 Å². The van der Waals surface area contributed by atoms with E-state index in [-0.39, 0.29) is 21.8 Å². The Morgan fingerprint density at radius 2 is 2.11 bits per heavy atom. The van der Waals surface area contributed by atoms with E-state index in [2.05, 4.69) is 10.2 Å². The molecule has 7 heteroatoms. The quantitative estimate of drug-likeness (QED) is 0.869. The van der Waals surface area contributed by atoms with Crippen LogP contribution >= 0.6 is 22.9 Å². The fraction of sp³-hybridized carbons (Fsp3) is 0.167. The van der Waals surface area contributed by atoms with Crippen molar-refractivity contribution in [3.05, 3.63) is 39.8 Å². The molecule has 0 N–H and O–H groups in total. The predicted octanol–water partition coefficient (Wildman–Crippen LogP) is 2.75. The summed E-state index contributed by atoms with van der Waals surface area (Å²) in [7, 11) is 0. The largest absolute Gasteiger partial charge is 0.305 e. The minimum Gasteiger partial charge on any atom is -0.305 e. The summed E-state index contributed by atoms with van der Waals surface area (Å²) in [5, 5.41) is 16.2. The number of carbonyl (C=O) groups is 1. The summed E-state index contributed by atoms with van der Waals surface area (Å²) in [5.74, 6) is -0.300. The molecule has 0 aliphatic rings. The Kier molecular flexibility index (Phi) is 4.44. The van der Waals surface area contributed by atoms with Gasteiger partial charge in [-0.1, -0.05) is 29.5 Å². The Labute approximate surface area is 119 Å². The van der Waals surface area contributed by atoms with Crippen molar-refractivity contribution in [1.82, 2.24) is 10.2 Å². The van der Waals surface area contributed by atoms with Crippen LogP contribution in [-0.2, 0) is 0 Å². The van der Waals surface area contributed by atoms with Crippen LogP contribution in [0.2, 0.25) is 4.47 Å². The molecular formula is C12H9ClN4OS. The average molecular weight is 293 g/mol. The van der Waals surface area contributed by atoms with Crippen LogP contribution in [0.5, 0.6) is 0 Å². The molecule has 0 aliphatic heterocycles. The van der Waals surface area contributed by atoms with E-state index in [0.717, 1.165) is 11.3 Å². The van der Waals surface area contributed by atoms with Gasteiger partial charge >= 0.3 is 0 Å². The van der Waals surface area contributed by atoms with Crippen molar-refractivity contribution < 1.29 is 4.79 Å². The molecule has 5 nitrogen and oxygen atoms in total. The van der Waals surface area contributed by atoms with E-state index in [4.69, 9.17) is 16.9 Å². The van der Waals surface area contributed by atoms with E-state index < -0.39 is 0 Å². The fourth-order valence-corrected chi connectivity index (χ4v) is 2.30. The second kappa shape index (κ2) is 6.27. The highest BCUT2D eigenvalue weighted by atomic mass is 35.5. The van der Waals surface area contributed by atoms with Gasteiger partial charge in [-0.2, -0.15) is 5.26 Å². The van der Waals surface area contributed by atoms with Crippen LogP contribution in [0.15, 0.2) is 30.3 Å². The molecule has 0 radical (unpaired) electrons. The summed E-state index contributed by atoms with van der Waals surface area (Å²) in [6.45, 7) is 0.302. The number of aromatic nitrogens is 2. The molecule has 0 atom stereocenters. The highest BCUT2D eigenvalue weighted by Crippen LogP contribution is 2.21. The van der Waals surface area contributed by atoms with Gasteiger partial charge in [-0.05, 0) is 23.7 Å². The first-order chi connectivity index (χ1) is 9.22. The first-order valence-corrected chi connectivity index (χ1v) is 6.64. The standard InChI is InChI=1S/C12H9ClN4OS/c13-12-16-15-10(19-12)11(18)17(8-4-7-14)9-5-2-1-3-6-9/h1-3,5-6H,4,8H2. The SMILES string of the molecule is N#CCCN(C(=O)c1nnc(Cl)s1)c1ccccc1. The summed E-state index contributed by atoms with van der Waals surface area (Å²) in [6, 6.07) is 11.2. The monoisotopic (exact) mass is 292 g/mol. The third-order valence-electron chi connectivity index (χ3n) is 2.34. The van der Waals surface area contributed by atoms with Crippen molar-refractivity contribution in [1.29, 1.82) is 5.26 Å². The van der Waals surface area contributed by atoms with Crippen LogP contribution in [0, 0.1) is 11.3 Å². The Bertz CT molecular complexity index is 608. The van der Waals surface area contributed by atoms with E-state index in [1.165, 1.54) is 4.90 Å². The Morgan fingerprint density at radius 3 is 2.68 bits per heavy atom. The van der Waals surface area contributed by atoms with Gasteiger partial charge in [0.1, 0.15) is 0 Å². The second-order valence-corrected chi connectivity index (χ2v) is 5.12. The molecule has 0 aliphatic carbocycles. The molecule has 0 saturated heterocycles. The van der Waals surface area contributed by atoms with Crippen LogP contribution in [0.25, 0.3) is 0 Å². The van der Waals surface area contributed by atoms with E-state index in [1.807, 2.05) is 24.3 Å². The maximum Gasteiger partial charge on any atom is 0.289 e. The highest BCUT2D eigenvalue weighted by Gasteiger charge is 2.21. The molecule has 1 heterocycles. The van der Waals surface area contributed by atoms with Crippen molar-refractivity contribution in [3.8, 4) is 6.07 Å². The lowest BCUT2D eigenvalue weighted by Crippen LogP contribution is -2.31. The van der Waals surface area contributed by atoms with Gasteiger partial charge in [0.15, 0.2) is 0 Å². The summed E-state index contributed by atoms with van der Waals surface area (Å²) in [5.41, 5.74) is 0.717. The molecular weight excluding hydrogens is 284 g/mol. The van der Waals surface area contributed by atoms with Crippen LogP contribution in [0.4, 0.5) is 5.69 Å². The maximum absolute atomic E-state index is 12.3. The normalized spacial score (nSPS) is 9.89. The third kappa shape index (κ3) is 3.28. The maximum atomic E-state index is 12.3. The molecule has 96 valence electrons. The van der Waals surface area contributed by atoms with Crippen LogP contribution < -0.4 is 4.90 Å². The summed E-state index contributed by atoms with van der Waals surface area (Å²) >= 11 is 6.70. The number of benzene rings is 1. The zero-order chi connectivity index (χ0) is 13.7. The number of nitriles is 1. The number of carbonyl (C=O) groups excluding carboxylic acids is 1. The molecule has 0 spiro atoms. The van der Waals surface area contributed by atoms with Crippen molar-refractivity contribution >= 4 is 34.5 Å². The zero-order valence-electron chi connectivity index (χ0n) is 9.78. The van der Waals surface area contributed by atoms with Gasteiger partial charge in [-0.15, -0.1) is 10.2 Å². The van der Waals surface area contributed by atoms with Crippen molar-refractivity contribution in [3.63, 3.8) is 0 Å². The van der Waals surface area contributed by atoms with E-state index in [0.29, 0.717) is 12.2 Å². The van der Waals surface area contributed by atoms with Gasteiger partial charge in [0.2, 0.25) is 9.47 Å². The van der Waals surface area contributed by atoms with Gasteiger partial charge in [0.25, 0.3) is 5.91 Å². The molecule has 2 rings (SSSR count). The molecule has 0 fully saturated rings. The van der Waals surface area contributed by atoms with E-state index >= 15 is 0 Å². The molecule has 19 heavy (non-hydrogen) atoms. The molecule has 1 amide bonds.